The highest BCUT2D eigenvalue weighted by Gasteiger charge is 2.28. The quantitative estimate of drug-likeness (QED) is 0.691. The monoisotopic (exact) mass is 391 g/mol. The Hall–Kier alpha value is -3.15. The maximum atomic E-state index is 13.2. The molecule has 29 heavy (non-hydrogen) atoms. The van der Waals surface area contributed by atoms with Crippen molar-refractivity contribution in [2.24, 2.45) is 0 Å². The molecule has 1 saturated carbocycles. The lowest BCUT2D eigenvalue weighted by Gasteiger charge is -2.29. The summed E-state index contributed by atoms with van der Waals surface area (Å²) in [5.74, 6) is 0.685. The molecule has 0 bridgehead atoms. The number of hydrogen-bond acceptors (Lipinski definition) is 4. The molecule has 6 heteroatoms. The Balaban J connectivity index is 1.69. The first-order valence-electron chi connectivity index (χ1n) is 10.2. The van der Waals surface area contributed by atoms with Gasteiger partial charge in [0.25, 0.3) is 11.5 Å². The van der Waals surface area contributed by atoms with Crippen LogP contribution in [0.1, 0.15) is 48.5 Å². The Kier molecular flexibility index (Phi) is 5.60. The van der Waals surface area contributed by atoms with Crippen LogP contribution in [0.5, 0.6) is 5.75 Å². The van der Waals surface area contributed by atoms with Gasteiger partial charge in [-0.15, -0.1) is 0 Å². The van der Waals surface area contributed by atoms with Gasteiger partial charge in [-0.05, 0) is 56.2 Å². The lowest BCUT2D eigenvalue weighted by Crippen LogP contribution is -2.39. The van der Waals surface area contributed by atoms with Gasteiger partial charge in [-0.25, -0.2) is 0 Å². The zero-order valence-corrected chi connectivity index (χ0v) is 16.6. The van der Waals surface area contributed by atoms with Crippen molar-refractivity contribution < 1.29 is 9.53 Å². The average Bonchev–Trinajstić information content (AvgIpc) is 3.27. The number of nitrogens with one attached hydrogen (secondary N) is 1. The van der Waals surface area contributed by atoms with Crippen molar-refractivity contribution in [3.63, 3.8) is 0 Å². The van der Waals surface area contributed by atoms with Gasteiger partial charge in [0.05, 0.1) is 18.7 Å². The number of benzene rings is 1. The third-order valence-electron chi connectivity index (χ3n) is 5.48. The summed E-state index contributed by atoms with van der Waals surface area (Å²) in [5.41, 5.74) is 1.72. The summed E-state index contributed by atoms with van der Waals surface area (Å²) in [6.07, 6.45) is 7.38. The number of carbonyl (C=O) groups is 1. The number of aromatic nitrogens is 2. The van der Waals surface area contributed by atoms with E-state index in [0.717, 1.165) is 42.3 Å². The van der Waals surface area contributed by atoms with Gasteiger partial charge >= 0.3 is 0 Å². The fourth-order valence-electron chi connectivity index (χ4n) is 4.03. The number of nitrogens with zero attached hydrogens (tertiary/aromatic N) is 2. The van der Waals surface area contributed by atoms with Crippen LogP contribution in [0.3, 0.4) is 0 Å². The average molecular weight is 391 g/mol. The van der Waals surface area contributed by atoms with Gasteiger partial charge in [-0.3, -0.25) is 14.6 Å². The van der Waals surface area contributed by atoms with Gasteiger partial charge in [-0.1, -0.05) is 12.8 Å². The molecule has 6 nitrogen and oxygen atoms in total. The van der Waals surface area contributed by atoms with Crippen LogP contribution in [0.4, 0.5) is 0 Å². The number of ether oxygens (including phenoxy) is 1. The summed E-state index contributed by atoms with van der Waals surface area (Å²) in [7, 11) is 0. The van der Waals surface area contributed by atoms with Crippen LogP contribution in [0, 0.1) is 0 Å². The highest BCUT2D eigenvalue weighted by molar-refractivity contribution is 5.94. The van der Waals surface area contributed by atoms with Crippen molar-refractivity contribution in [3.05, 3.63) is 70.3 Å². The highest BCUT2D eigenvalue weighted by Crippen LogP contribution is 2.27. The van der Waals surface area contributed by atoms with Crippen LogP contribution in [0.15, 0.2) is 53.6 Å². The number of pyridine rings is 2. The van der Waals surface area contributed by atoms with E-state index in [9.17, 15) is 9.59 Å². The maximum absolute atomic E-state index is 13.2. The van der Waals surface area contributed by atoms with Crippen molar-refractivity contribution in [3.8, 4) is 5.75 Å². The minimum Gasteiger partial charge on any atom is -0.494 e. The summed E-state index contributed by atoms with van der Waals surface area (Å²) in [5, 5.41) is 0.894. The molecule has 1 amide bonds. The molecule has 0 radical (unpaired) electrons. The molecular weight excluding hydrogens is 366 g/mol. The first kappa shape index (κ1) is 19.2. The predicted octanol–water partition coefficient (Wildman–Crippen LogP) is 3.91. The zero-order chi connectivity index (χ0) is 20.2. The Morgan fingerprint density at radius 3 is 2.79 bits per heavy atom. The Morgan fingerprint density at radius 1 is 1.24 bits per heavy atom. The minimum absolute atomic E-state index is 0.0763. The number of carbonyl (C=O) groups excluding carboxylic acids is 1. The summed E-state index contributed by atoms with van der Waals surface area (Å²) in [6.45, 7) is 2.80. The smallest absolute Gasteiger partial charge is 0.255 e. The number of aromatic amines is 1. The molecule has 1 N–H and O–H groups in total. The largest absolute Gasteiger partial charge is 0.494 e. The van der Waals surface area contributed by atoms with Gasteiger partial charge in [0.1, 0.15) is 5.75 Å². The molecule has 0 saturated heterocycles. The van der Waals surface area contributed by atoms with Gasteiger partial charge in [0.15, 0.2) is 0 Å². The van der Waals surface area contributed by atoms with Crippen LogP contribution in [-0.4, -0.2) is 33.4 Å². The van der Waals surface area contributed by atoms with E-state index in [1.54, 1.807) is 24.5 Å². The Labute approximate surface area is 169 Å². The molecule has 1 aliphatic rings. The van der Waals surface area contributed by atoms with E-state index >= 15 is 0 Å². The van der Waals surface area contributed by atoms with Gasteiger partial charge in [0, 0.05) is 34.9 Å². The van der Waals surface area contributed by atoms with E-state index in [1.165, 1.54) is 0 Å². The Bertz CT molecular complexity index is 1060. The lowest BCUT2D eigenvalue weighted by atomic mass is 10.1. The third kappa shape index (κ3) is 4.16. The standard InChI is InChI=1S/C23H25N3O3/c1-2-29-20-9-10-21-17(13-20)12-18(22(27)25-21)15-26(19-7-3-4-8-19)23(28)16-6-5-11-24-14-16/h5-6,9-14,19H,2-4,7-8,15H2,1H3,(H,25,27). The number of rotatable bonds is 6. The van der Waals surface area contributed by atoms with E-state index in [1.807, 2.05) is 36.1 Å². The molecule has 0 spiro atoms. The van der Waals surface area contributed by atoms with E-state index in [2.05, 4.69) is 9.97 Å². The molecule has 0 aliphatic heterocycles. The third-order valence-corrected chi connectivity index (χ3v) is 5.48. The number of H-pyrrole nitrogens is 1. The number of hydrogen-bond donors (Lipinski definition) is 1. The first-order valence-corrected chi connectivity index (χ1v) is 10.2. The van der Waals surface area contributed by atoms with Crippen LogP contribution in [0.2, 0.25) is 0 Å². The van der Waals surface area contributed by atoms with Crippen molar-refractivity contribution in [1.29, 1.82) is 0 Å². The molecular formula is C23H25N3O3. The molecule has 0 unspecified atom stereocenters. The summed E-state index contributed by atoms with van der Waals surface area (Å²) in [4.78, 5) is 34.8. The normalized spacial score (nSPS) is 14.2. The van der Waals surface area contributed by atoms with Crippen LogP contribution in [-0.2, 0) is 6.54 Å². The highest BCUT2D eigenvalue weighted by atomic mass is 16.5. The number of amides is 1. The topological polar surface area (TPSA) is 75.3 Å². The molecule has 3 aromatic rings. The predicted molar refractivity (Wildman–Crippen MR) is 112 cm³/mol. The van der Waals surface area contributed by atoms with Crippen LogP contribution >= 0.6 is 0 Å². The second-order valence-electron chi connectivity index (χ2n) is 7.42. The zero-order valence-electron chi connectivity index (χ0n) is 16.6. The van der Waals surface area contributed by atoms with E-state index in [-0.39, 0.29) is 24.1 Å². The summed E-state index contributed by atoms with van der Waals surface area (Å²) < 4.78 is 5.58. The van der Waals surface area contributed by atoms with E-state index in [4.69, 9.17) is 4.74 Å². The molecule has 1 aliphatic carbocycles. The molecule has 2 heterocycles. The SMILES string of the molecule is CCOc1ccc2[nH]c(=O)c(CN(C(=O)c3cccnc3)C3CCCC3)cc2c1. The maximum Gasteiger partial charge on any atom is 0.255 e. The fourth-order valence-corrected chi connectivity index (χ4v) is 4.03. The van der Waals surface area contributed by atoms with Crippen LogP contribution in [0.25, 0.3) is 10.9 Å². The fraction of sp³-hybridized carbons (Fsp3) is 0.348. The number of fused-ring (bicyclic) bond motifs is 1. The van der Waals surface area contributed by atoms with Crippen molar-refractivity contribution in [1.82, 2.24) is 14.9 Å². The van der Waals surface area contributed by atoms with E-state index < -0.39 is 0 Å². The minimum atomic E-state index is -0.163. The van der Waals surface area contributed by atoms with Gasteiger partial charge in [-0.2, -0.15) is 0 Å². The van der Waals surface area contributed by atoms with Gasteiger partial charge < -0.3 is 14.6 Å². The molecule has 0 atom stereocenters. The van der Waals surface area contributed by atoms with Crippen molar-refractivity contribution >= 4 is 16.8 Å². The second-order valence-corrected chi connectivity index (χ2v) is 7.42. The molecule has 4 rings (SSSR count). The first-order chi connectivity index (χ1) is 14.2. The van der Waals surface area contributed by atoms with Crippen molar-refractivity contribution in [2.45, 2.75) is 45.2 Å². The van der Waals surface area contributed by atoms with Gasteiger partial charge in [0.2, 0.25) is 0 Å². The summed E-state index contributed by atoms with van der Waals surface area (Å²) in [6, 6.07) is 11.2. The molecule has 150 valence electrons. The van der Waals surface area contributed by atoms with Crippen molar-refractivity contribution in [2.75, 3.05) is 6.61 Å². The molecule has 1 aromatic carbocycles. The van der Waals surface area contributed by atoms with Crippen LogP contribution < -0.4 is 10.3 Å². The second kappa shape index (κ2) is 8.47. The molecule has 1 fully saturated rings. The van der Waals surface area contributed by atoms with E-state index in [0.29, 0.717) is 17.7 Å². The summed E-state index contributed by atoms with van der Waals surface area (Å²) >= 11 is 0. The Morgan fingerprint density at radius 2 is 2.07 bits per heavy atom. The molecule has 2 aromatic heterocycles. The lowest BCUT2D eigenvalue weighted by molar-refractivity contribution is 0.0663.